The summed E-state index contributed by atoms with van der Waals surface area (Å²) < 4.78 is 27.7. The number of halogens is 2. The van der Waals surface area contributed by atoms with Crippen LogP contribution < -0.4 is 5.73 Å². The number of carbonyl (C=O) groups excluding carboxylic acids is 1. The van der Waals surface area contributed by atoms with Crippen LogP contribution in [0.2, 0.25) is 0 Å². The zero-order valence-electron chi connectivity index (χ0n) is 11.4. The largest absolute Gasteiger partial charge is 0.337 e. The maximum atomic E-state index is 14.0. The number of rotatable bonds is 2. The average molecular weight is 299 g/mol. The van der Waals surface area contributed by atoms with Crippen molar-refractivity contribution >= 4 is 11.6 Å². The summed E-state index contributed by atoms with van der Waals surface area (Å²) in [5, 5.41) is 10.7. The molecule has 21 heavy (non-hydrogen) atoms. The number of nitrogens with zero attached hydrogens (tertiary/aromatic N) is 2. The first kappa shape index (κ1) is 15.3. The Kier molecular flexibility index (Phi) is 4.17. The third kappa shape index (κ3) is 2.85. The van der Waals surface area contributed by atoms with Gasteiger partial charge in [-0.25, -0.2) is 4.39 Å². The van der Waals surface area contributed by atoms with Gasteiger partial charge >= 0.3 is 5.69 Å². The second-order valence-corrected chi connectivity index (χ2v) is 5.19. The van der Waals surface area contributed by atoms with Gasteiger partial charge < -0.3 is 10.6 Å². The van der Waals surface area contributed by atoms with Crippen molar-refractivity contribution in [2.75, 3.05) is 13.1 Å². The molecular weight excluding hydrogens is 284 g/mol. The van der Waals surface area contributed by atoms with Crippen LogP contribution in [-0.4, -0.2) is 34.9 Å². The molecular formula is C13H15F2N3O3. The molecule has 0 spiro atoms. The minimum atomic E-state index is -1.45. The Balaban J connectivity index is 2.35. The van der Waals surface area contributed by atoms with Crippen molar-refractivity contribution in [1.82, 2.24) is 4.90 Å². The van der Waals surface area contributed by atoms with E-state index in [1.807, 2.05) is 6.92 Å². The van der Waals surface area contributed by atoms with E-state index in [0.29, 0.717) is 19.0 Å². The van der Waals surface area contributed by atoms with E-state index in [1.54, 1.807) is 0 Å². The Morgan fingerprint density at radius 3 is 2.71 bits per heavy atom. The molecule has 0 aliphatic carbocycles. The Morgan fingerprint density at radius 2 is 2.14 bits per heavy atom. The summed E-state index contributed by atoms with van der Waals surface area (Å²) >= 11 is 0. The molecule has 0 radical (unpaired) electrons. The van der Waals surface area contributed by atoms with Gasteiger partial charge in [-0.1, -0.05) is 6.92 Å². The number of benzene rings is 1. The van der Waals surface area contributed by atoms with E-state index in [1.165, 1.54) is 4.90 Å². The van der Waals surface area contributed by atoms with E-state index >= 15 is 0 Å². The number of nitro groups is 1. The molecule has 114 valence electrons. The number of likely N-dealkylation sites (tertiary alicyclic amines) is 1. The van der Waals surface area contributed by atoms with Gasteiger partial charge in [0.2, 0.25) is 5.82 Å². The summed E-state index contributed by atoms with van der Waals surface area (Å²) in [6.07, 6.45) is 0.616. The van der Waals surface area contributed by atoms with Crippen molar-refractivity contribution in [3.63, 3.8) is 0 Å². The molecule has 1 aliphatic rings. The molecule has 1 amide bonds. The molecule has 1 aromatic carbocycles. The van der Waals surface area contributed by atoms with Gasteiger partial charge in [0.15, 0.2) is 0 Å². The summed E-state index contributed by atoms with van der Waals surface area (Å²) in [4.78, 5) is 23.2. The predicted molar refractivity (Wildman–Crippen MR) is 70.7 cm³/mol. The molecule has 2 unspecified atom stereocenters. The lowest BCUT2D eigenvalue weighted by molar-refractivity contribution is -0.387. The van der Waals surface area contributed by atoms with Crippen molar-refractivity contribution in [3.05, 3.63) is 39.4 Å². The third-order valence-corrected chi connectivity index (χ3v) is 3.78. The van der Waals surface area contributed by atoms with Gasteiger partial charge in [-0.2, -0.15) is 4.39 Å². The van der Waals surface area contributed by atoms with Crippen LogP contribution in [0.1, 0.15) is 23.7 Å². The molecule has 2 N–H and O–H groups in total. The van der Waals surface area contributed by atoms with Crippen LogP contribution in [0.25, 0.3) is 0 Å². The molecule has 0 aromatic heterocycles. The quantitative estimate of drug-likeness (QED) is 0.664. The topological polar surface area (TPSA) is 89.5 Å². The minimum Gasteiger partial charge on any atom is -0.337 e. The van der Waals surface area contributed by atoms with Crippen LogP contribution in [0.5, 0.6) is 0 Å². The van der Waals surface area contributed by atoms with Crippen molar-refractivity contribution in [1.29, 1.82) is 0 Å². The number of piperidine rings is 1. The highest BCUT2D eigenvalue weighted by molar-refractivity contribution is 5.95. The van der Waals surface area contributed by atoms with E-state index in [9.17, 15) is 23.7 Å². The Morgan fingerprint density at radius 1 is 1.48 bits per heavy atom. The molecule has 1 fully saturated rings. The van der Waals surface area contributed by atoms with Gasteiger partial charge in [0.1, 0.15) is 11.4 Å². The lowest BCUT2D eigenvalue weighted by Gasteiger charge is -2.35. The fourth-order valence-corrected chi connectivity index (χ4v) is 2.32. The Labute approximate surface area is 119 Å². The normalized spacial score (nSPS) is 22.2. The molecule has 1 heterocycles. The molecule has 1 aliphatic heterocycles. The van der Waals surface area contributed by atoms with Gasteiger partial charge in [0.25, 0.3) is 5.91 Å². The number of amides is 1. The van der Waals surface area contributed by atoms with Crippen LogP contribution in [0, 0.1) is 27.7 Å². The van der Waals surface area contributed by atoms with Crippen LogP contribution in [0.15, 0.2) is 12.1 Å². The third-order valence-electron chi connectivity index (χ3n) is 3.78. The number of nitro benzene ring substituents is 1. The summed E-state index contributed by atoms with van der Waals surface area (Å²) in [6, 6.07) is 1.14. The van der Waals surface area contributed by atoms with E-state index in [0.717, 1.165) is 6.07 Å². The molecule has 2 atom stereocenters. The van der Waals surface area contributed by atoms with E-state index in [2.05, 4.69) is 0 Å². The van der Waals surface area contributed by atoms with Gasteiger partial charge in [0.05, 0.1) is 4.92 Å². The molecule has 8 heteroatoms. The van der Waals surface area contributed by atoms with Crippen molar-refractivity contribution < 1.29 is 18.5 Å². The maximum Gasteiger partial charge on any atom is 0.305 e. The standard InChI is InChI=1S/C13H15F2N3O3/c1-7-4-5-17(6-9(7)16)13(19)11-8(14)2-3-10(12(11)15)18(20)21/h2-3,7,9H,4-6,16H2,1H3. The first-order valence-electron chi connectivity index (χ1n) is 6.50. The summed E-state index contributed by atoms with van der Waals surface area (Å²) in [5.41, 5.74) is 4.03. The van der Waals surface area contributed by atoms with Crippen LogP contribution >= 0.6 is 0 Å². The lowest BCUT2D eigenvalue weighted by Crippen LogP contribution is -2.50. The van der Waals surface area contributed by atoms with Crippen LogP contribution in [0.4, 0.5) is 14.5 Å². The average Bonchev–Trinajstić information content (AvgIpc) is 2.41. The smallest absolute Gasteiger partial charge is 0.305 e. The van der Waals surface area contributed by atoms with E-state index in [-0.39, 0.29) is 18.5 Å². The first-order chi connectivity index (χ1) is 9.82. The lowest BCUT2D eigenvalue weighted by atomic mass is 9.94. The van der Waals surface area contributed by atoms with Gasteiger partial charge in [-0.05, 0) is 18.4 Å². The van der Waals surface area contributed by atoms with Crippen molar-refractivity contribution in [2.45, 2.75) is 19.4 Å². The second-order valence-electron chi connectivity index (χ2n) is 5.19. The number of carbonyl (C=O) groups is 1. The molecule has 1 aromatic rings. The SMILES string of the molecule is CC1CCN(C(=O)c2c(F)ccc([N+](=O)[O-])c2F)CC1N. The highest BCUT2D eigenvalue weighted by Gasteiger charge is 2.32. The Hall–Kier alpha value is -2.09. The van der Waals surface area contributed by atoms with Crippen LogP contribution in [0.3, 0.4) is 0 Å². The van der Waals surface area contributed by atoms with E-state index < -0.39 is 33.7 Å². The predicted octanol–water partition coefficient (Wildman–Crippen LogP) is 1.68. The minimum absolute atomic E-state index is 0.168. The zero-order valence-corrected chi connectivity index (χ0v) is 11.4. The fourth-order valence-electron chi connectivity index (χ4n) is 2.32. The van der Waals surface area contributed by atoms with Gasteiger partial charge in [-0.15, -0.1) is 0 Å². The van der Waals surface area contributed by atoms with E-state index in [4.69, 9.17) is 5.73 Å². The first-order valence-corrected chi connectivity index (χ1v) is 6.50. The number of hydrogen-bond donors (Lipinski definition) is 1. The van der Waals surface area contributed by atoms with Gasteiger partial charge in [-0.3, -0.25) is 14.9 Å². The molecule has 1 saturated heterocycles. The summed E-state index contributed by atoms with van der Waals surface area (Å²) in [7, 11) is 0. The highest BCUT2D eigenvalue weighted by Crippen LogP contribution is 2.26. The van der Waals surface area contributed by atoms with Crippen molar-refractivity contribution in [3.8, 4) is 0 Å². The maximum absolute atomic E-state index is 14.0. The monoisotopic (exact) mass is 299 g/mol. The molecule has 6 nitrogen and oxygen atoms in total. The summed E-state index contributed by atoms with van der Waals surface area (Å²) in [6.45, 7) is 2.41. The molecule has 2 rings (SSSR count). The highest BCUT2D eigenvalue weighted by atomic mass is 19.1. The molecule has 0 saturated carbocycles. The zero-order chi connectivity index (χ0) is 15.7. The number of hydrogen-bond acceptors (Lipinski definition) is 4. The molecule has 0 bridgehead atoms. The summed E-state index contributed by atoms with van der Waals surface area (Å²) in [5.74, 6) is -3.27. The van der Waals surface area contributed by atoms with Gasteiger partial charge in [0, 0.05) is 25.2 Å². The fraction of sp³-hybridized carbons (Fsp3) is 0.462. The van der Waals surface area contributed by atoms with Crippen LogP contribution in [-0.2, 0) is 0 Å². The number of nitrogens with two attached hydrogens (primary N) is 1. The second kappa shape index (κ2) is 5.72. The Bertz CT molecular complexity index is 594. The van der Waals surface area contributed by atoms with Crippen molar-refractivity contribution in [2.24, 2.45) is 11.7 Å².